The number of fused-ring (bicyclic) bond motifs is 1. The predicted molar refractivity (Wildman–Crippen MR) is 146 cm³/mol. The number of aromatic nitrogens is 6. The lowest BCUT2D eigenvalue weighted by atomic mass is 9.90. The summed E-state index contributed by atoms with van der Waals surface area (Å²) >= 11 is 6.18. The molecule has 1 atom stereocenters. The highest BCUT2D eigenvalue weighted by Crippen LogP contribution is 2.34. The Balaban J connectivity index is 0.00000320. The molecule has 0 aliphatic carbocycles. The van der Waals surface area contributed by atoms with Gasteiger partial charge in [0, 0.05) is 30.0 Å². The van der Waals surface area contributed by atoms with E-state index in [4.69, 9.17) is 21.1 Å². The largest absolute Gasteiger partial charge is 0.479 e. The fourth-order valence-corrected chi connectivity index (χ4v) is 4.92. The summed E-state index contributed by atoms with van der Waals surface area (Å²) < 4.78 is 14.1. The Hall–Kier alpha value is -3.31. The number of benzene rings is 1. The number of hydrogen-bond donors (Lipinski definition) is 0. The van der Waals surface area contributed by atoms with E-state index in [0.29, 0.717) is 22.9 Å². The van der Waals surface area contributed by atoms with Gasteiger partial charge in [-0.2, -0.15) is 28.7 Å². The van der Waals surface area contributed by atoms with Crippen molar-refractivity contribution in [2.45, 2.75) is 32.7 Å². The number of methoxy groups -OCH3 is 1. The highest BCUT2D eigenvalue weighted by atomic mass is 35.5. The molecule has 0 saturated carbocycles. The van der Waals surface area contributed by atoms with Gasteiger partial charge in [0.2, 0.25) is 5.88 Å². The zero-order valence-corrected chi connectivity index (χ0v) is 22.7. The average Bonchev–Trinajstić information content (AvgIpc) is 3.56. The van der Waals surface area contributed by atoms with E-state index in [1.54, 1.807) is 26.4 Å². The number of piperidine rings is 1. The van der Waals surface area contributed by atoms with Gasteiger partial charge in [-0.15, -0.1) is 0 Å². The molecule has 12 heteroatoms. The number of halogens is 1. The zero-order valence-electron chi connectivity index (χ0n) is 21.0. The standard InChI is InChI=1S/C25H28ClN7O3.H2S/c1-4-36-24(34)18-13-27-32(15-18)25-29-21-14-28-33(22(21)23(30-25)35-3)16(2)17-8-10-31(11-9-17)20-7-5-6-19(26)12-20;/h5-7,12-17H,4,8-11H2,1-3H3;1H2/t16-;/m0./s1. The number of carbonyl (C=O) groups excluding carboxylic acids is 1. The summed E-state index contributed by atoms with van der Waals surface area (Å²) in [5.41, 5.74) is 2.87. The van der Waals surface area contributed by atoms with Gasteiger partial charge in [0.25, 0.3) is 5.95 Å². The molecule has 10 nitrogen and oxygen atoms in total. The first-order valence-electron chi connectivity index (χ1n) is 12.0. The number of anilines is 1. The van der Waals surface area contributed by atoms with Gasteiger partial charge < -0.3 is 14.4 Å². The Bertz CT molecular complexity index is 1380. The van der Waals surface area contributed by atoms with Crippen LogP contribution in [0.1, 0.15) is 43.1 Å². The molecule has 3 aromatic heterocycles. The number of esters is 1. The minimum absolute atomic E-state index is 0. The van der Waals surface area contributed by atoms with Gasteiger partial charge in [0.05, 0.1) is 37.7 Å². The summed E-state index contributed by atoms with van der Waals surface area (Å²) in [6, 6.07) is 8.14. The summed E-state index contributed by atoms with van der Waals surface area (Å²) in [5.74, 6) is 0.687. The molecular formula is C25H30ClN7O3S. The molecule has 1 aliphatic rings. The third kappa shape index (κ3) is 5.37. The van der Waals surface area contributed by atoms with Crippen LogP contribution in [0.25, 0.3) is 17.0 Å². The van der Waals surface area contributed by atoms with Gasteiger partial charge in [-0.1, -0.05) is 17.7 Å². The van der Waals surface area contributed by atoms with Crippen LogP contribution in [0.3, 0.4) is 0 Å². The number of nitrogens with zero attached hydrogens (tertiary/aromatic N) is 7. The first-order valence-corrected chi connectivity index (χ1v) is 12.4. The van der Waals surface area contributed by atoms with Crippen LogP contribution in [0.5, 0.6) is 5.88 Å². The van der Waals surface area contributed by atoms with Crippen molar-refractivity contribution in [3.05, 3.63) is 53.4 Å². The Morgan fingerprint density at radius 3 is 2.68 bits per heavy atom. The molecule has 0 N–H and O–H groups in total. The molecule has 1 fully saturated rings. The van der Waals surface area contributed by atoms with E-state index in [2.05, 4.69) is 38.1 Å². The smallest absolute Gasteiger partial charge is 0.341 e. The topological polar surface area (TPSA) is 100 Å². The lowest BCUT2D eigenvalue weighted by Gasteiger charge is -2.36. The third-order valence-corrected chi connectivity index (χ3v) is 6.91. The molecule has 0 unspecified atom stereocenters. The molecule has 1 aromatic carbocycles. The second-order valence-electron chi connectivity index (χ2n) is 8.79. The van der Waals surface area contributed by atoms with Crippen molar-refractivity contribution in [2.24, 2.45) is 5.92 Å². The molecule has 196 valence electrons. The summed E-state index contributed by atoms with van der Waals surface area (Å²) in [5, 5.41) is 9.63. The van der Waals surface area contributed by atoms with Crippen LogP contribution < -0.4 is 9.64 Å². The van der Waals surface area contributed by atoms with E-state index < -0.39 is 5.97 Å². The van der Waals surface area contributed by atoms with Crippen LogP contribution in [0.4, 0.5) is 5.69 Å². The maximum absolute atomic E-state index is 12.0. The van der Waals surface area contributed by atoms with Gasteiger partial charge in [-0.05, 0) is 50.8 Å². The van der Waals surface area contributed by atoms with E-state index in [1.807, 2.05) is 22.9 Å². The fourth-order valence-electron chi connectivity index (χ4n) is 4.74. The van der Waals surface area contributed by atoms with Crippen molar-refractivity contribution in [1.82, 2.24) is 29.5 Å². The first-order chi connectivity index (χ1) is 17.5. The summed E-state index contributed by atoms with van der Waals surface area (Å²) in [7, 11) is 1.57. The van der Waals surface area contributed by atoms with Gasteiger partial charge >= 0.3 is 5.97 Å². The minimum atomic E-state index is -0.445. The Morgan fingerprint density at radius 2 is 1.97 bits per heavy atom. The molecule has 0 radical (unpaired) electrons. The van der Waals surface area contributed by atoms with E-state index >= 15 is 0 Å². The third-order valence-electron chi connectivity index (χ3n) is 6.67. The summed E-state index contributed by atoms with van der Waals surface area (Å²) in [6.07, 6.45) is 6.75. The monoisotopic (exact) mass is 543 g/mol. The maximum Gasteiger partial charge on any atom is 0.341 e. The molecule has 0 amide bonds. The van der Waals surface area contributed by atoms with Crippen molar-refractivity contribution in [3.63, 3.8) is 0 Å². The van der Waals surface area contributed by atoms with Crippen molar-refractivity contribution in [2.75, 3.05) is 31.7 Å². The van der Waals surface area contributed by atoms with E-state index in [0.717, 1.165) is 42.2 Å². The normalized spacial score (nSPS) is 14.9. The summed E-state index contributed by atoms with van der Waals surface area (Å²) in [6.45, 7) is 6.13. The number of ether oxygens (including phenoxy) is 2. The Labute approximate surface area is 227 Å². The van der Waals surface area contributed by atoms with Crippen molar-refractivity contribution in [1.29, 1.82) is 0 Å². The second-order valence-corrected chi connectivity index (χ2v) is 9.23. The average molecular weight is 544 g/mol. The van der Waals surface area contributed by atoms with Crippen molar-refractivity contribution in [3.8, 4) is 11.8 Å². The lowest BCUT2D eigenvalue weighted by Crippen LogP contribution is -2.36. The molecular weight excluding hydrogens is 514 g/mol. The van der Waals surface area contributed by atoms with Gasteiger partial charge in [0.1, 0.15) is 11.0 Å². The molecule has 0 spiro atoms. The Morgan fingerprint density at radius 1 is 1.19 bits per heavy atom. The molecule has 5 rings (SSSR count). The van der Waals surface area contributed by atoms with Crippen LogP contribution in [0.15, 0.2) is 42.9 Å². The zero-order chi connectivity index (χ0) is 25.2. The Kier molecular flexibility index (Phi) is 8.23. The van der Waals surface area contributed by atoms with Gasteiger partial charge in [0.15, 0.2) is 0 Å². The highest BCUT2D eigenvalue weighted by molar-refractivity contribution is 7.59. The molecule has 4 heterocycles. The van der Waals surface area contributed by atoms with Gasteiger partial charge in [-0.3, -0.25) is 4.68 Å². The summed E-state index contributed by atoms with van der Waals surface area (Å²) in [4.78, 5) is 23.6. The quantitative estimate of drug-likeness (QED) is 0.315. The van der Waals surface area contributed by atoms with Crippen LogP contribution in [-0.4, -0.2) is 62.3 Å². The first kappa shape index (κ1) is 26.7. The molecule has 37 heavy (non-hydrogen) atoms. The van der Waals surface area contributed by atoms with Crippen LogP contribution >= 0.6 is 25.1 Å². The van der Waals surface area contributed by atoms with Crippen molar-refractivity contribution >= 4 is 47.8 Å². The fraction of sp³-hybridized carbons (Fsp3) is 0.400. The molecule has 1 aliphatic heterocycles. The number of hydrogen-bond acceptors (Lipinski definition) is 8. The predicted octanol–water partition coefficient (Wildman–Crippen LogP) is 4.44. The number of rotatable bonds is 7. The molecule has 4 aromatic rings. The number of carbonyl (C=O) groups is 1. The molecule has 0 bridgehead atoms. The molecule has 1 saturated heterocycles. The highest BCUT2D eigenvalue weighted by Gasteiger charge is 2.28. The lowest BCUT2D eigenvalue weighted by molar-refractivity contribution is 0.0526. The van der Waals surface area contributed by atoms with E-state index in [-0.39, 0.29) is 32.1 Å². The SMILES string of the molecule is CCOC(=O)c1cnn(-c2nc(OC)c3c(cnn3[C@@H](C)C3CCN(c4cccc(Cl)c4)CC3)n2)c1.S. The van der Waals surface area contributed by atoms with Crippen LogP contribution in [0.2, 0.25) is 5.02 Å². The maximum atomic E-state index is 12.0. The minimum Gasteiger partial charge on any atom is -0.479 e. The van der Waals surface area contributed by atoms with E-state index in [1.165, 1.54) is 10.9 Å². The van der Waals surface area contributed by atoms with Gasteiger partial charge in [-0.25, -0.2) is 14.5 Å². The van der Waals surface area contributed by atoms with Crippen LogP contribution in [0, 0.1) is 5.92 Å². The van der Waals surface area contributed by atoms with Crippen LogP contribution in [-0.2, 0) is 4.74 Å². The van der Waals surface area contributed by atoms with E-state index in [9.17, 15) is 4.79 Å². The van der Waals surface area contributed by atoms with Crippen molar-refractivity contribution < 1.29 is 14.3 Å². The second kappa shape index (κ2) is 11.4.